The highest BCUT2D eigenvalue weighted by Gasteiger charge is 2.10. The fourth-order valence-electron chi connectivity index (χ4n) is 1.62. The first kappa shape index (κ1) is 10.7. The van der Waals surface area contributed by atoms with Gasteiger partial charge in [0.05, 0.1) is 6.20 Å². The standard InChI is InChI=1S/C12H14N2O2/c13-6-2-5-12-11(8-14-16-12)9-3-1-4-10(15)7-9/h1,3-4,7-8,15H,2,5-6,13H2. The summed E-state index contributed by atoms with van der Waals surface area (Å²) < 4.78 is 5.17. The van der Waals surface area contributed by atoms with Crippen molar-refractivity contribution in [2.45, 2.75) is 12.8 Å². The molecule has 0 radical (unpaired) electrons. The van der Waals surface area contributed by atoms with Gasteiger partial charge in [0.15, 0.2) is 0 Å². The molecule has 4 heteroatoms. The maximum Gasteiger partial charge on any atom is 0.144 e. The Kier molecular flexibility index (Phi) is 3.22. The van der Waals surface area contributed by atoms with Gasteiger partial charge in [0.2, 0.25) is 0 Å². The number of aryl methyl sites for hydroxylation is 1. The molecule has 2 aromatic rings. The molecule has 0 atom stereocenters. The lowest BCUT2D eigenvalue weighted by atomic mass is 10.0. The van der Waals surface area contributed by atoms with Gasteiger partial charge in [-0.2, -0.15) is 0 Å². The van der Waals surface area contributed by atoms with E-state index < -0.39 is 0 Å². The Labute approximate surface area is 93.7 Å². The molecule has 2 rings (SSSR count). The summed E-state index contributed by atoms with van der Waals surface area (Å²) in [5, 5.41) is 13.2. The second-order valence-corrected chi connectivity index (χ2v) is 3.61. The summed E-state index contributed by atoms with van der Waals surface area (Å²) in [6, 6.07) is 7.04. The summed E-state index contributed by atoms with van der Waals surface area (Å²) >= 11 is 0. The first-order chi connectivity index (χ1) is 7.81. The molecule has 0 aliphatic rings. The van der Waals surface area contributed by atoms with Gasteiger partial charge in [-0.05, 0) is 30.7 Å². The fraction of sp³-hybridized carbons (Fsp3) is 0.250. The summed E-state index contributed by atoms with van der Waals surface area (Å²) in [6.45, 7) is 0.625. The van der Waals surface area contributed by atoms with Crippen LogP contribution in [0.25, 0.3) is 11.1 Å². The Bertz CT molecular complexity index is 466. The number of nitrogens with two attached hydrogens (primary N) is 1. The lowest BCUT2D eigenvalue weighted by Gasteiger charge is -2.01. The zero-order valence-corrected chi connectivity index (χ0v) is 8.89. The zero-order chi connectivity index (χ0) is 11.4. The molecule has 0 saturated carbocycles. The minimum atomic E-state index is 0.239. The Hall–Kier alpha value is -1.81. The van der Waals surface area contributed by atoms with Crippen molar-refractivity contribution in [2.75, 3.05) is 6.54 Å². The number of hydrogen-bond acceptors (Lipinski definition) is 4. The molecular weight excluding hydrogens is 204 g/mol. The van der Waals surface area contributed by atoms with Gasteiger partial charge in [0, 0.05) is 12.0 Å². The number of phenols is 1. The molecule has 16 heavy (non-hydrogen) atoms. The van der Waals surface area contributed by atoms with E-state index in [1.165, 1.54) is 0 Å². The molecule has 3 N–H and O–H groups in total. The third-order valence-corrected chi connectivity index (χ3v) is 2.41. The van der Waals surface area contributed by atoms with E-state index in [4.69, 9.17) is 10.3 Å². The first-order valence-electron chi connectivity index (χ1n) is 5.24. The van der Waals surface area contributed by atoms with E-state index in [1.807, 2.05) is 6.07 Å². The maximum atomic E-state index is 9.41. The van der Waals surface area contributed by atoms with Gasteiger partial charge in [0.1, 0.15) is 11.5 Å². The Morgan fingerprint density at radius 1 is 1.38 bits per heavy atom. The zero-order valence-electron chi connectivity index (χ0n) is 8.89. The average molecular weight is 218 g/mol. The van der Waals surface area contributed by atoms with Crippen molar-refractivity contribution in [1.29, 1.82) is 0 Å². The number of rotatable bonds is 4. The van der Waals surface area contributed by atoms with Crippen LogP contribution in [0, 0.1) is 0 Å². The highest BCUT2D eigenvalue weighted by atomic mass is 16.5. The molecule has 1 aromatic heterocycles. The molecule has 84 valence electrons. The van der Waals surface area contributed by atoms with Crippen molar-refractivity contribution < 1.29 is 9.63 Å². The highest BCUT2D eigenvalue weighted by molar-refractivity contribution is 5.65. The summed E-state index contributed by atoms with van der Waals surface area (Å²) in [4.78, 5) is 0. The van der Waals surface area contributed by atoms with Crippen molar-refractivity contribution >= 4 is 0 Å². The minimum absolute atomic E-state index is 0.239. The van der Waals surface area contributed by atoms with Crippen molar-refractivity contribution in [3.05, 3.63) is 36.2 Å². The van der Waals surface area contributed by atoms with E-state index in [0.29, 0.717) is 6.54 Å². The molecule has 4 nitrogen and oxygen atoms in total. The lowest BCUT2D eigenvalue weighted by Crippen LogP contribution is -2.00. The summed E-state index contributed by atoms with van der Waals surface area (Å²) in [7, 11) is 0. The molecule has 0 bridgehead atoms. The predicted molar refractivity (Wildman–Crippen MR) is 61.0 cm³/mol. The van der Waals surface area contributed by atoms with E-state index in [0.717, 1.165) is 29.7 Å². The van der Waals surface area contributed by atoms with E-state index in [-0.39, 0.29) is 5.75 Å². The van der Waals surface area contributed by atoms with Crippen molar-refractivity contribution in [2.24, 2.45) is 5.73 Å². The van der Waals surface area contributed by atoms with Crippen LogP contribution in [-0.2, 0) is 6.42 Å². The molecule has 0 saturated heterocycles. The molecule has 0 fully saturated rings. The Morgan fingerprint density at radius 3 is 3.00 bits per heavy atom. The quantitative estimate of drug-likeness (QED) is 0.822. The van der Waals surface area contributed by atoms with E-state index in [2.05, 4.69) is 5.16 Å². The topological polar surface area (TPSA) is 72.3 Å². The number of phenolic OH excluding ortho intramolecular Hbond substituents is 1. The predicted octanol–water partition coefficient (Wildman–Crippen LogP) is 1.94. The average Bonchev–Trinajstić information content (AvgIpc) is 2.74. The molecule has 0 spiro atoms. The first-order valence-corrected chi connectivity index (χ1v) is 5.24. The van der Waals surface area contributed by atoms with Crippen LogP contribution in [0.15, 0.2) is 35.0 Å². The SMILES string of the molecule is NCCCc1oncc1-c1cccc(O)c1. The van der Waals surface area contributed by atoms with Crippen molar-refractivity contribution in [3.8, 4) is 16.9 Å². The minimum Gasteiger partial charge on any atom is -0.508 e. The summed E-state index contributed by atoms with van der Waals surface area (Å²) in [5.74, 6) is 1.06. The molecular formula is C12H14N2O2. The van der Waals surface area contributed by atoms with Crippen LogP contribution >= 0.6 is 0 Å². The van der Waals surface area contributed by atoms with Crippen molar-refractivity contribution in [1.82, 2.24) is 5.16 Å². The molecule has 0 amide bonds. The Morgan fingerprint density at radius 2 is 2.25 bits per heavy atom. The largest absolute Gasteiger partial charge is 0.508 e. The van der Waals surface area contributed by atoms with E-state index in [1.54, 1.807) is 24.4 Å². The number of aromatic nitrogens is 1. The third kappa shape index (κ3) is 2.23. The van der Waals surface area contributed by atoms with Crippen LogP contribution in [0.3, 0.4) is 0 Å². The van der Waals surface area contributed by atoms with Crippen LogP contribution in [0.4, 0.5) is 0 Å². The number of hydrogen-bond donors (Lipinski definition) is 2. The van der Waals surface area contributed by atoms with Crippen LogP contribution in [0.2, 0.25) is 0 Å². The van der Waals surface area contributed by atoms with E-state index >= 15 is 0 Å². The van der Waals surface area contributed by atoms with Crippen LogP contribution < -0.4 is 5.73 Å². The number of aromatic hydroxyl groups is 1. The summed E-state index contributed by atoms with van der Waals surface area (Å²) in [5.41, 5.74) is 7.29. The van der Waals surface area contributed by atoms with Crippen molar-refractivity contribution in [3.63, 3.8) is 0 Å². The normalized spacial score (nSPS) is 10.6. The van der Waals surface area contributed by atoms with Gasteiger partial charge in [-0.15, -0.1) is 0 Å². The van der Waals surface area contributed by atoms with E-state index in [9.17, 15) is 5.11 Å². The van der Waals surface area contributed by atoms with Gasteiger partial charge in [-0.1, -0.05) is 17.3 Å². The van der Waals surface area contributed by atoms with Gasteiger partial charge in [-0.25, -0.2) is 0 Å². The Balaban J connectivity index is 2.29. The second-order valence-electron chi connectivity index (χ2n) is 3.61. The highest BCUT2D eigenvalue weighted by Crippen LogP contribution is 2.26. The monoisotopic (exact) mass is 218 g/mol. The van der Waals surface area contributed by atoms with Gasteiger partial charge in [0.25, 0.3) is 0 Å². The lowest BCUT2D eigenvalue weighted by molar-refractivity contribution is 0.382. The number of benzene rings is 1. The molecule has 1 aromatic carbocycles. The van der Waals surface area contributed by atoms with Crippen LogP contribution in [0.5, 0.6) is 5.75 Å². The number of nitrogens with zero attached hydrogens (tertiary/aromatic N) is 1. The van der Waals surface area contributed by atoms with Crippen LogP contribution in [-0.4, -0.2) is 16.8 Å². The third-order valence-electron chi connectivity index (χ3n) is 2.41. The van der Waals surface area contributed by atoms with Crippen LogP contribution in [0.1, 0.15) is 12.2 Å². The fourth-order valence-corrected chi connectivity index (χ4v) is 1.62. The summed E-state index contributed by atoms with van der Waals surface area (Å²) in [6.07, 6.45) is 3.29. The van der Waals surface area contributed by atoms with Gasteiger partial charge in [-0.3, -0.25) is 0 Å². The smallest absolute Gasteiger partial charge is 0.144 e. The molecule has 0 aliphatic carbocycles. The molecule has 1 heterocycles. The maximum absolute atomic E-state index is 9.41. The van der Waals surface area contributed by atoms with Gasteiger partial charge < -0.3 is 15.4 Å². The molecule has 0 aliphatic heterocycles. The second kappa shape index (κ2) is 4.81. The van der Waals surface area contributed by atoms with Gasteiger partial charge >= 0.3 is 0 Å². The molecule has 0 unspecified atom stereocenters.